The summed E-state index contributed by atoms with van der Waals surface area (Å²) in [6, 6.07) is 0.597. The van der Waals surface area contributed by atoms with Crippen LogP contribution >= 0.6 is 0 Å². The fraction of sp³-hybridized carbons (Fsp3) is 0.700. The van der Waals surface area contributed by atoms with Gasteiger partial charge in [0.1, 0.15) is 0 Å². The van der Waals surface area contributed by atoms with Crippen LogP contribution in [0.2, 0.25) is 0 Å². The molecule has 13 heavy (non-hydrogen) atoms. The molecule has 0 radical (unpaired) electrons. The molecule has 3 nitrogen and oxygen atoms in total. The van der Waals surface area contributed by atoms with E-state index in [1.54, 1.807) is 0 Å². The summed E-state index contributed by atoms with van der Waals surface area (Å²) >= 11 is 0. The van der Waals surface area contributed by atoms with Crippen LogP contribution in [0.5, 0.6) is 0 Å². The first-order valence-electron chi connectivity index (χ1n) is 4.96. The van der Waals surface area contributed by atoms with Crippen molar-refractivity contribution in [3.63, 3.8) is 0 Å². The quantitative estimate of drug-likeness (QED) is 0.729. The zero-order valence-corrected chi connectivity index (χ0v) is 8.72. The molecule has 74 valence electrons. The smallest absolute Gasteiger partial charge is 0.0535 e. The number of rotatable bonds is 5. The van der Waals surface area contributed by atoms with Gasteiger partial charge in [-0.25, -0.2) is 0 Å². The Bertz CT molecular complexity index is 242. The van der Waals surface area contributed by atoms with Crippen LogP contribution < -0.4 is 5.32 Å². The van der Waals surface area contributed by atoms with E-state index >= 15 is 0 Å². The number of aromatic amines is 1. The topological polar surface area (TPSA) is 40.7 Å². The standard InChI is InChI=1S/C10H19N3/c1-4-5-8(2)11-6-10-7-12-13-9(10)3/h7-8,11H,4-6H2,1-3H3,(H,12,13). The first kappa shape index (κ1) is 10.3. The highest BCUT2D eigenvalue weighted by Gasteiger charge is 2.02. The molecule has 0 amide bonds. The lowest BCUT2D eigenvalue weighted by Crippen LogP contribution is -2.25. The van der Waals surface area contributed by atoms with Gasteiger partial charge in [-0.05, 0) is 20.3 Å². The maximum atomic E-state index is 3.98. The first-order valence-corrected chi connectivity index (χ1v) is 4.96. The predicted octanol–water partition coefficient (Wildman–Crippen LogP) is 2.00. The van der Waals surface area contributed by atoms with Crippen LogP contribution in [0.25, 0.3) is 0 Å². The van der Waals surface area contributed by atoms with E-state index in [1.807, 2.05) is 6.20 Å². The normalized spacial score (nSPS) is 13.2. The van der Waals surface area contributed by atoms with E-state index in [0.717, 1.165) is 12.2 Å². The monoisotopic (exact) mass is 181 g/mol. The van der Waals surface area contributed by atoms with Crippen LogP contribution in [-0.2, 0) is 6.54 Å². The third-order valence-electron chi connectivity index (χ3n) is 2.30. The van der Waals surface area contributed by atoms with E-state index in [0.29, 0.717) is 6.04 Å². The molecule has 0 fully saturated rings. The Morgan fingerprint density at radius 2 is 2.38 bits per heavy atom. The maximum Gasteiger partial charge on any atom is 0.0535 e. The van der Waals surface area contributed by atoms with Gasteiger partial charge in [0.25, 0.3) is 0 Å². The van der Waals surface area contributed by atoms with Crippen molar-refractivity contribution in [2.45, 2.75) is 46.2 Å². The van der Waals surface area contributed by atoms with Crippen LogP contribution in [0.15, 0.2) is 6.20 Å². The Kier molecular flexibility index (Phi) is 3.96. The van der Waals surface area contributed by atoms with Gasteiger partial charge in [0, 0.05) is 23.8 Å². The Morgan fingerprint density at radius 1 is 1.62 bits per heavy atom. The summed E-state index contributed by atoms with van der Waals surface area (Å²) < 4.78 is 0. The molecular formula is C10H19N3. The average Bonchev–Trinajstić information content (AvgIpc) is 2.48. The van der Waals surface area contributed by atoms with Crippen molar-refractivity contribution < 1.29 is 0 Å². The summed E-state index contributed by atoms with van der Waals surface area (Å²) in [5.41, 5.74) is 2.43. The molecule has 2 N–H and O–H groups in total. The van der Waals surface area contributed by atoms with Gasteiger partial charge in [0.2, 0.25) is 0 Å². The van der Waals surface area contributed by atoms with Gasteiger partial charge in [-0.2, -0.15) is 5.10 Å². The summed E-state index contributed by atoms with van der Waals surface area (Å²) in [6.45, 7) is 7.40. The van der Waals surface area contributed by atoms with E-state index < -0.39 is 0 Å². The Hall–Kier alpha value is -0.830. The molecule has 0 bridgehead atoms. The SMILES string of the molecule is CCCC(C)NCc1cn[nH]c1C. The molecular weight excluding hydrogens is 162 g/mol. The average molecular weight is 181 g/mol. The minimum absolute atomic E-state index is 0.597. The van der Waals surface area contributed by atoms with Crippen molar-refractivity contribution in [1.29, 1.82) is 0 Å². The minimum atomic E-state index is 0.597. The van der Waals surface area contributed by atoms with E-state index in [2.05, 4.69) is 36.3 Å². The zero-order chi connectivity index (χ0) is 9.68. The van der Waals surface area contributed by atoms with Gasteiger partial charge < -0.3 is 5.32 Å². The Morgan fingerprint density at radius 3 is 2.92 bits per heavy atom. The molecule has 0 saturated carbocycles. The Labute approximate surface area is 79.9 Å². The van der Waals surface area contributed by atoms with E-state index in [9.17, 15) is 0 Å². The number of hydrogen-bond donors (Lipinski definition) is 2. The van der Waals surface area contributed by atoms with Crippen molar-refractivity contribution in [3.05, 3.63) is 17.5 Å². The highest BCUT2D eigenvalue weighted by atomic mass is 15.1. The van der Waals surface area contributed by atoms with Crippen LogP contribution in [0.4, 0.5) is 0 Å². The Balaban J connectivity index is 2.30. The number of nitrogens with zero attached hydrogens (tertiary/aromatic N) is 1. The third kappa shape index (κ3) is 3.19. The van der Waals surface area contributed by atoms with Gasteiger partial charge in [-0.3, -0.25) is 5.10 Å². The fourth-order valence-corrected chi connectivity index (χ4v) is 1.37. The molecule has 1 unspecified atom stereocenters. The lowest BCUT2D eigenvalue weighted by atomic mass is 10.2. The number of H-pyrrole nitrogens is 1. The van der Waals surface area contributed by atoms with Crippen molar-refractivity contribution in [3.8, 4) is 0 Å². The third-order valence-corrected chi connectivity index (χ3v) is 2.30. The summed E-state index contributed by atoms with van der Waals surface area (Å²) in [5, 5.41) is 10.4. The molecule has 0 spiro atoms. The molecule has 0 aromatic carbocycles. The molecule has 0 aliphatic heterocycles. The summed E-state index contributed by atoms with van der Waals surface area (Å²) in [6.07, 6.45) is 4.36. The fourth-order valence-electron chi connectivity index (χ4n) is 1.37. The van der Waals surface area contributed by atoms with Crippen molar-refractivity contribution in [2.75, 3.05) is 0 Å². The van der Waals surface area contributed by atoms with Gasteiger partial charge in [-0.15, -0.1) is 0 Å². The summed E-state index contributed by atoms with van der Waals surface area (Å²) in [7, 11) is 0. The number of aryl methyl sites for hydroxylation is 1. The summed E-state index contributed by atoms with van der Waals surface area (Å²) in [5.74, 6) is 0. The second-order valence-corrected chi connectivity index (χ2v) is 3.59. The number of aromatic nitrogens is 2. The number of nitrogens with one attached hydrogen (secondary N) is 2. The molecule has 1 aromatic rings. The van der Waals surface area contributed by atoms with E-state index in [4.69, 9.17) is 0 Å². The molecule has 1 rings (SSSR count). The van der Waals surface area contributed by atoms with Gasteiger partial charge >= 0.3 is 0 Å². The maximum absolute atomic E-state index is 3.98. The molecule has 0 aliphatic carbocycles. The summed E-state index contributed by atoms with van der Waals surface area (Å²) in [4.78, 5) is 0. The first-order chi connectivity index (χ1) is 6.24. The van der Waals surface area contributed by atoms with E-state index in [1.165, 1.54) is 18.4 Å². The molecule has 1 atom stereocenters. The second kappa shape index (κ2) is 5.02. The zero-order valence-electron chi connectivity index (χ0n) is 8.72. The van der Waals surface area contributed by atoms with Gasteiger partial charge in [0.15, 0.2) is 0 Å². The second-order valence-electron chi connectivity index (χ2n) is 3.59. The lowest BCUT2D eigenvalue weighted by Gasteiger charge is -2.11. The van der Waals surface area contributed by atoms with Crippen molar-refractivity contribution in [1.82, 2.24) is 15.5 Å². The highest BCUT2D eigenvalue weighted by Crippen LogP contribution is 2.03. The highest BCUT2D eigenvalue weighted by molar-refractivity contribution is 5.13. The van der Waals surface area contributed by atoms with Gasteiger partial charge in [0.05, 0.1) is 6.20 Å². The molecule has 0 saturated heterocycles. The largest absolute Gasteiger partial charge is 0.310 e. The lowest BCUT2D eigenvalue weighted by molar-refractivity contribution is 0.508. The van der Waals surface area contributed by atoms with Crippen LogP contribution in [0.3, 0.4) is 0 Å². The molecule has 1 heterocycles. The molecule has 1 aromatic heterocycles. The number of hydrogen-bond acceptors (Lipinski definition) is 2. The molecule has 3 heteroatoms. The van der Waals surface area contributed by atoms with E-state index in [-0.39, 0.29) is 0 Å². The minimum Gasteiger partial charge on any atom is -0.310 e. The predicted molar refractivity (Wildman–Crippen MR) is 54.5 cm³/mol. The van der Waals surface area contributed by atoms with Gasteiger partial charge in [-0.1, -0.05) is 13.3 Å². The van der Waals surface area contributed by atoms with Crippen LogP contribution in [-0.4, -0.2) is 16.2 Å². The van der Waals surface area contributed by atoms with Crippen LogP contribution in [0.1, 0.15) is 37.9 Å². The van der Waals surface area contributed by atoms with Crippen LogP contribution in [0, 0.1) is 6.92 Å². The van der Waals surface area contributed by atoms with Crippen molar-refractivity contribution >= 4 is 0 Å². The molecule has 0 aliphatic rings. The van der Waals surface area contributed by atoms with Crippen molar-refractivity contribution in [2.24, 2.45) is 0 Å².